The van der Waals surface area contributed by atoms with Crippen molar-refractivity contribution < 1.29 is 13.9 Å². The number of H-pyrrole nitrogens is 1. The quantitative estimate of drug-likeness (QED) is 0.761. The second-order valence-electron chi connectivity index (χ2n) is 5.08. The van der Waals surface area contributed by atoms with Crippen LogP contribution >= 0.6 is 11.3 Å². The van der Waals surface area contributed by atoms with Crippen molar-refractivity contribution in [2.45, 2.75) is 6.54 Å². The molecule has 2 rings (SSSR count). The smallest absolute Gasteiger partial charge is 0.305 e. The van der Waals surface area contributed by atoms with Crippen molar-refractivity contribution in [2.75, 3.05) is 40.5 Å². The van der Waals surface area contributed by atoms with E-state index in [1.807, 2.05) is 0 Å². The molecule has 0 radical (unpaired) electrons. The zero-order valence-corrected chi connectivity index (χ0v) is 14.1. The largest absolute Gasteiger partial charge is 0.383 e. The van der Waals surface area contributed by atoms with Gasteiger partial charge in [-0.3, -0.25) is 9.69 Å². The molecule has 0 saturated heterocycles. The van der Waals surface area contributed by atoms with E-state index in [-0.39, 0.29) is 10.7 Å². The van der Waals surface area contributed by atoms with Gasteiger partial charge < -0.3 is 14.5 Å². The van der Waals surface area contributed by atoms with Crippen molar-refractivity contribution >= 4 is 11.3 Å². The first-order valence-corrected chi connectivity index (χ1v) is 8.14. The van der Waals surface area contributed by atoms with Crippen molar-refractivity contribution in [1.82, 2.24) is 9.88 Å². The van der Waals surface area contributed by atoms with Gasteiger partial charge in [-0.05, 0) is 29.8 Å². The summed E-state index contributed by atoms with van der Waals surface area (Å²) in [5, 5.41) is 0. The first-order valence-electron chi connectivity index (χ1n) is 7.32. The van der Waals surface area contributed by atoms with Crippen LogP contribution in [-0.2, 0) is 16.0 Å². The molecule has 1 aromatic carbocycles. The Morgan fingerprint density at radius 1 is 1.13 bits per heavy atom. The number of nitrogens with zero attached hydrogens (tertiary/aromatic N) is 1. The van der Waals surface area contributed by atoms with Crippen LogP contribution in [0.4, 0.5) is 4.39 Å². The molecule has 23 heavy (non-hydrogen) atoms. The Kier molecular flexibility index (Phi) is 6.91. The van der Waals surface area contributed by atoms with Crippen LogP contribution in [-0.4, -0.2) is 50.4 Å². The van der Waals surface area contributed by atoms with Crippen LogP contribution in [0.1, 0.15) is 4.88 Å². The molecule has 1 N–H and O–H groups in total. The molecule has 7 heteroatoms. The molecule has 1 heterocycles. The van der Waals surface area contributed by atoms with Crippen LogP contribution in [0.3, 0.4) is 0 Å². The van der Waals surface area contributed by atoms with Crippen molar-refractivity contribution in [2.24, 2.45) is 0 Å². The van der Waals surface area contributed by atoms with Gasteiger partial charge in [-0.25, -0.2) is 4.39 Å². The summed E-state index contributed by atoms with van der Waals surface area (Å²) in [6, 6.07) is 6.13. The molecule has 0 bridgehead atoms. The second-order valence-corrected chi connectivity index (χ2v) is 6.15. The molecule has 126 valence electrons. The Morgan fingerprint density at radius 2 is 1.74 bits per heavy atom. The molecular weight excluding hydrogens is 319 g/mol. The average molecular weight is 340 g/mol. The van der Waals surface area contributed by atoms with Crippen LogP contribution in [0.15, 0.2) is 29.1 Å². The Hall–Kier alpha value is -1.54. The molecule has 0 saturated carbocycles. The zero-order chi connectivity index (χ0) is 16.7. The number of aromatic amines is 1. The SMILES string of the molecule is COCCN(CCOC)Cc1sc(=O)[nH]c1-c1ccc(F)cc1. The minimum atomic E-state index is -0.297. The summed E-state index contributed by atoms with van der Waals surface area (Å²) in [5.74, 6) is -0.297. The van der Waals surface area contributed by atoms with Crippen LogP contribution in [0, 0.1) is 5.82 Å². The first-order chi connectivity index (χ1) is 11.1. The number of hydrogen-bond acceptors (Lipinski definition) is 5. The number of benzene rings is 1. The van der Waals surface area contributed by atoms with Crippen LogP contribution in [0.5, 0.6) is 0 Å². The maximum absolute atomic E-state index is 13.1. The number of rotatable bonds is 9. The summed E-state index contributed by atoms with van der Waals surface area (Å²) in [6.07, 6.45) is 0. The van der Waals surface area contributed by atoms with Gasteiger partial charge in [-0.2, -0.15) is 0 Å². The fourth-order valence-electron chi connectivity index (χ4n) is 2.24. The lowest BCUT2D eigenvalue weighted by Crippen LogP contribution is -2.30. The van der Waals surface area contributed by atoms with Gasteiger partial charge in [0.25, 0.3) is 0 Å². The average Bonchev–Trinajstić information content (AvgIpc) is 2.91. The molecular formula is C16H21FN2O3S. The minimum absolute atomic E-state index is 0.113. The molecule has 5 nitrogen and oxygen atoms in total. The number of ether oxygens (including phenoxy) is 2. The molecule has 1 aromatic heterocycles. The maximum Gasteiger partial charge on any atom is 0.305 e. The lowest BCUT2D eigenvalue weighted by molar-refractivity contribution is 0.111. The number of halogens is 1. The Morgan fingerprint density at radius 3 is 2.30 bits per heavy atom. The van der Waals surface area contributed by atoms with Gasteiger partial charge in [0.05, 0.1) is 18.9 Å². The van der Waals surface area contributed by atoms with Crippen molar-refractivity contribution in [3.63, 3.8) is 0 Å². The summed E-state index contributed by atoms with van der Waals surface area (Å²) < 4.78 is 23.4. The highest BCUT2D eigenvalue weighted by molar-refractivity contribution is 7.09. The lowest BCUT2D eigenvalue weighted by atomic mass is 10.1. The van der Waals surface area contributed by atoms with E-state index in [0.717, 1.165) is 29.2 Å². The highest BCUT2D eigenvalue weighted by Crippen LogP contribution is 2.24. The molecule has 0 fully saturated rings. The molecule has 0 unspecified atom stereocenters. The van der Waals surface area contributed by atoms with E-state index < -0.39 is 0 Å². The van der Waals surface area contributed by atoms with Crippen molar-refractivity contribution in [1.29, 1.82) is 0 Å². The predicted molar refractivity (Wildman–Crippen MR) is 89.4 cm³/mol. The van der Waals surface area contributed by atoms with Crippen LogP contribution in [0.2, 0.25) is 0 Å². The lowest BCUT2D eigenvalue weighted by Gasteiger charge is -2.21. The molecule has 0 aliphatic rings. The molecule has 0 aliphatic heterocycles. The third-order valence-corrected chi connectivity index (χ3v) is 4.31. The number of aromatic nitrogens is 1. The molecule has 0 atom stereocenters. The molecule has 0 aliphatic carbocycles. The molecule has 2 aromatic rings. The third-order valence-electron chi connectivity index (χ3n) is 3.45. The topological polar surface area (TPSA) is 54.6 Å². The van der Waals surface area contributed by atoms with E-state index in [2.05, 4.69) is 9.88 Å². The predicted octanol–water partition coefficient (Wildman–Crippen LogP) is 2.34. The summed E-state index contributed by atoms with van der Waals surface area (Å²) >= 11 is 1.18. The van der Waals surface area contributed by atoms with Crippen molar-refractivity contribution in [3.8, 4) is 11.3 Å². The van der Waals surface area contributed by atoms with E-state index in [4.69, 9.17) is 9.47 Å². The highest BCUT2D eigenvalue weighted by Gasteiger charge is 2.14. The number of nitrogens with one attached hydrogen (secondary N) is 1. The van der Waals surface area contributed by atoms with Gasteiger partial charge in [0, 0.05) is 38.7 Å². The van der Waals surface area contributed by atoms with Gasteiger partial charge in [-0.15, -0.1) is 0 Å². The fourth-order valence-corrected chi connectivity index (χ4v) is 3.13. The summed E-state index contributed by atoms with van der Waals surface area (Å²) in [7, 11) is 3.32. The van der Waals surface area contributed by atoms with Crippen molar-refractivity contribution in [3.05, 3.63) is 44.6 Å². The summed E-state index contributed by atoms with van der Waals surface area (Å²) in [4.78, 5) is 17.6. The van der Waals surface area contributed by atoms with Gasteiger partial charge in [0.2, 0.25) is 0 Å². The van der Waals surface area contributed by atoms with Gasteiger partial charge in [0.1, 0.15) is 5.82 Å². The van der Waals surface area contributed by atoms with E-state index in [1.165, 1.54) is 23.5 Å². The standard InChI is InChI=1S/C16H21FN2O3S/c1-21-9-7-19(8-10-22-2)11-14-15(18-16(20)23-14)12-3-5-13(17)6-4-12/h3-6H,7-11H2,1-2H3,(H,18,20). The summed E-state index contributed by atoms with van der Waals surface area (Å²) in [6.45, 7) is 3.32. The van der Waals surface area contributed by atoms with E-state index >= 15 is 0 Å². The second kappa shape index (κ2) is 8.93. The highest BCUT2D eigenvalue weighted by atomic mass is 32.1. The zero-order valence-electron chi connectivity index (χ0n) is 13.3. The third kappa shape index (κ3) is 5.24. The molecule has 0 amide bonds. The fraction of sp³-hybridized carbons (Fsp3) is 0.438. The first kappa shape index (κ1) is 17.8. The van der Waals surface area contributed by atoms with Crippen LogP contribution in [0.25, 0.3) is 11.3 Å². The summed E-state index contributed by atoms with van der Waals surface area (Å²) in [5.41, 5.74) is 1.55. The van der Waals surface area contributed by atoms with Crippen LogP contribution < -0.4 is 4.87 Å². The Labute approximate surface area is 138 Å². The monoisotopic (exact) mass is 340 g/mol. The molecule has 0 spiro atoms. The maximum atomic E-state index is 13.1. The van der Waals surface area contributed by atoms with Gasteiger partial charge in [0.15, 0.2) is 0 Å². The van der Waals surface area contributed by atoms with E-state index in [9.17, 15) is 9.18 Å². The Balaban J connectivity index is 2.20. The number of thiazole rings is 1. The van der Waals surface area contributed by atoms with Gasteiger partial charge >= 0.3 is 4.87 Å². The van der Waals surface area contributed by atoms with E-state index in [0.29, 0.717) is 19.8 Å². The van der Waals surface area contributed by atoms with Gasteiger partial charge in [-0.1, -0.05) is 11.3 Å². The minimum Gasteiger partial charge on any atom is -0.383 e. The van der Waals surface area contributed by atoms with E-state index in [1.54, 1.807) is 26.4 Å². The number of methoxy groups -OCH3 is 2. The Bertz CT molecular complexity index is 646. The number of hydrogen-bond donors (Lipinski definition) is 1. The normalized spacial score (nSPS) is 11.3.